The molecule has 2 atom stereocenters. The summed E-state index contributed by atoms with van der Waals surface area (Å²) in [6.45, 7) is 2.33. The van der Waals surface area contributed by atoms with Crippen LogP contribution in [-0.4, -0.2) is 46.7 Å². The molecule has 2 rings (SSSR count). The van der Waals surface area contributed by atoms with E-state index in [0.717, 1.165) is 6.42 Å². The van der Waals surface area contributed by atoms with Crippen LogP contribution in [0.1, 0.15) is 19.3 Å². The van der Waals surface area contributed by atoms with Crippen molar-refractivity contribution in [2.24, 2.45) is 0 Å². The fraction of sp³-hybridized carbons (Fsp3) is 1.00. The van der Waals surface area contributed by atoms with Crippen LogP contribution in [-0.2, 0) is 0 Å². The van der Waals surface area contributed by atoms with Gasteiger partial charge in [-0.3, -0.25) is 4.90 Å². The van der Waals surface area contributed by atoms with E-state index < -0.39 is 0 Å². The summed E-state index contributed by atoms with van der Waals surface area (Å²) in [6, 6.07) is 0.472. The highest BCUT2D eigenvalue weighted by molar-refractivity contribution is 8.76. The Balaban J connectivity index is 1.89. The molecule has 0 bridgehead atoms. The van der Waals surface area contributed by atoms with Gasteiger partial charge in [-0.25, -0.2) is 0 Å². The van der Waals surface area contributed by atoms with Crippen molar-refractivity contribution >= 4 is 21.6 Å². The summed E-state index contributed by atoms with van der Waals surface area (Å²) >= 11 is 0. The van der Waals surface area contributed by atoms with Gasteiger partial charge >= 0.3 is 0 Å². The Kier molecular flexibility index (Phi) is 3.84. The Hall–Kier alpha value is 0.620. The van der Waals surface area contributed by atoms with Crippen LogP contribution in [0.5, 0.6) is 0 Å². The predicted molar refractivity (Wildman–Crippen MR) is 60.1 cm³/mol. The van der Waals surface area contributed by atoms with E-state index in [0.29, 0.717) is 6.04 Å². The van der Waals surface area contributed by atoms with Crippen molar-refractivity contribution < 1.29 is 5.11 Å². The lowest BCUT2D eigenvalue weighted by atomic mass is 10.2. The van der Waals surface area contributed by atoms with Gasteiger partial charge in [-0.05, 0) is 19.3 Å². The summed E-state index contributed by atoms with van der Waals surface area (Å²) in [5, 5.41) is 9.78. The lowest BCUT2D eigenvalue weighted by molar-refractivity contribution is 0.0787. The minimum atomic E-state index is -0.0481. The third-order valence-corrected chi connectivity index (χ3v) is 5.29. The average molecular weight is 219 g/mol. The molecule has 0 aromatic rings. The van der Waals surface area contributed by atoms with Crippen molar-refractivity contribution in [3.05, 3.63) is 0 Å². The van der Waals surface area contributed by atoms with E-state index in [1.165, 1.54) is 37.4 Å². The molecule has 1 aliphatic heterocycles. The second-order valence-corrected chi connectivity index (χ2v) is 6.45. The van der Waals surface area contributed by atoms with Gasteiger partial charge in [0, 0.05) is 30.6 Å². The normalized spacial score (nSPS) is 37.6. The SMILES string of the molecule is O[C@H]1CCC[C@@H]1N1CCSSCC1. The number of hydrogen-bond donors (Lipinski definition) is 1. The van der Waals surface area contributed by atoms with E-state index in [2.05, 4.69) is 4.90 Å². The number of rotatable bonds is 1. The van der Waals surface area contributed by atoms with Crippen LogP contribution in [0.3, 0.4) is 0 Å². The third kappa shape index (κ3) is 2.55. The predicted octanol–water partition coefficient (Wildman–Crippen LogP) is 1.60. The van der Waals surface area contributed by atoms with Crippen molar-refractivity contribution in [2.45, 2.75) is 31.4 Å². The first-order valence-electron chi connectivity index (χ1n) is 5.04. The Labute approximate surface area is 87.8 Å². The summed E-state index contributed by atoms with van der Waals surface area (Å²) in [6.07, 6.45) is 3.38. The molecule has 0 radical (unpaired) electrons. The Morgan fingerprint density at radius 3 is 2.31 bits per heavy atom. The number of aliphatic hydroxyl groups is 1. The molecule has 1 N–H and O–H groups in total. The van der Waals surface area contributed by atoms with E-state index in [9.17, 15) is 5.11 Å². The Bertz CT molecular complexity index is 160. The molecule has 0 unspecified atom stereocenters. The van der Waals surface area contributed by atoms with Gasteiger partial charge in [0.2, 0.25) is 0 Å². The van der Waals surface area contributed by atoms with Crippen LogP contribution in [0.2, 0.25) is 0 Å². The van der Waals surface area contributed by atoms with Gasteiger partial charge in [-0.2, -0.15) is 0 Å². The Morgan fingerprint density at radius 2 is 1.77 bits per heavy atom. The minimum Gasteiger partial charge on any atom is -0.391 e. The second kappa shape index (κ2) is 4.91. The summed E-state index contributed by atoms with van der Waals surface area (Å²) in [5.41, 5.74) is 0. The third-order valence-electron chi connectivity index (χ3n) is 2.92. The van der Waals surface area contributed by atoms with Crippen molar-refractivity contribution in [1.29, 1.82) is 0 Å². The van der Waals surface area contributed by atoms with E-state index in [1.807, 2.05) is 21.6 Å². The molecular weight excluding hydrogens is 202 g/mol. The van der Waals surface area contributed by atoms with Gasteiger partial charge in [0.15, 0.2) is 0 Å². The average Bonchev–Trinajstić information content (AvgIpc) is 2.43. The van der Waals surface area contributed by atoms with Gasteiger partial charge < -0.3 is 5.11 Å². The molecular formula is C9H17NOS2. The smallest absolute Gasteiger partial charge is 0.0695 e. The largest absolute Gasteiger partial charge is 0.391 e. The van der Waals surface area contributed by atoms with E-state index in [1.54, 1.807) is 0 Å². The Morgan fingerprint density at radius 1 is 1.08 bits per heavy atom. The lowest BCUT2D eigenvalue weighted by Crippen LogP contribution is -2.42. The highest BCUT2D eigenvalue weighted by Crippen LogP contribution is 2.29. The van der Waals surface area contributed by atoms with Crippen molar-refractivity contribution in [3.8, 4) is 0 Å². The molecule has 1 saturated heterocycles. The molecule has 0 spiro atoms. The molecule has 1 heterocycles. The minimum absolute atomic E-state index is 0.0481. The van der Waals surface area contributed by atoms with Gasteiger partial charge in [0.1, 0.15) is 0 Å². The van der Waals surface area contributed by atoms with Gasteiger partial charge in [0.05, 0.1) is 6.10 Å². The summed E-state index contributed by atoms with van der Waals surface area (Å²) in [5.74, 6) is 2.43. The molecule has 1 aliphatic carbocycles. The fourth-order valence-corrected chi connectivity index (χ4v) is 4.23. The molecule has 2 nitrogen and oxygen atoms in total. The lowest BCUT2D eigenvalue weighted by Gasteiger charge is -2.29. The van der Waals surface area contributed by atoms with Gasteiger partial charge in [0.25, 0.3) is 0 Å². The maximum Gasteiger partial charge on any atom is 0.0695 e. The summed E-state index contributed by atoms with van der Waals surface area (Å²) in [7, 11) is 3.95. The number of nitrogens with zero attached hydrogens (tertiary/aromatic N) is 1. The molecule has 2 fully saturated rings. The molecule has 1 saturated carbocycles. The molecule has 0 aromatic carbocycles. The van der Waals surface area contributed by atoms with Crippen molar-refractivity contribution in [2.75, 3.05) is 24.6 Å². The molecule has 0 amide bonds. The maximum absolute atomic E-state index is 9.78. The zero-order valence-electron chi connectivity index (χ0n) is 7.82. The molecule has 4 heteroatoms. The van der Waals surface area contributed by atoms with E-state index in [4.69, 9.17) is 0 Å². The number of aliphatic hydroxyl groups excluding tert-OH is 1. The van der Waals surface area contributed by atoms with Crippen LogP contribution in [0.4, 0.5) is 0 Å². The highest BCUT2D eigenvalue weighted by Gasteiger charge is 2.30. The van der Waals surface area contributed by atoms with Crippen LogP contribution in [0.15, 0.2) is 0 Å². The highest BCUT2D eigenvalue weighted by atomic mass is 33.1. The van der Waals surface area contributed by atoms with Crippen LogP contribution in [0, 0.1) is 0 Å². The number of hydrogen-bond acceptors (Lipinski definition) is 4. The van der Waals surface area contributed by atoms with E-state index >= 15 is 0 Å². The quantitative estimate of drug-likeness (QED) is 0.677. The van der Waals surface area contributed by atoms with Gasteiger partial charge in [-0.15, -0.1) is 0 Å². The molecule has 2 aliphatic rings. The fourth-order valence-electron chi connectivity index (χ4n) is 2.22. The van der Waals surface area contributed by atoms with Crippen LogP contribution < -0.4 is 0 Å². The topological polar surface area (TPSA) is 23.5 Å². The second-order valence-electron chi connectivity index (χ2n) is 3.75. The monoisotopic (exact) mass is 219 g/mol. The standard InChI is InChI=1S/C9H17NOS2/c11-9-3-1-2-8(9)10-4-6-12-13-7-5-10/h8-9,11H,1-7H2/t8-,9-/m0/s1. The first kappa shape index (κ1) is 10.1. The first-order chi connectivity index (χ1) is 6.38. The zero-order valence-corrected chi connectivity index (χ0v) is 9.45. The van der Waals surface area contributed by atoms with Crippen LogP contribution in [0.25, 0.3) is 0 Å². The molecule has 0 aromatic heterocycles. The van der Waals surface area contributed by atoms with Crippen molar-refractivity contribution in [3.63, 3.8) is 0 Å². The van der Waals surface area contributed by atoms with E-state index in [-0.39, 0.29) is 6.10 Å². The maximum atomic E-state index is 9.78. The van der Waals surface area contributed by atoms with Crippen LogP contribution >= 0.6 is 21.6 Å². The summed E-state index contributed by atoms with van der Waals surface area (Å²) < 4.78 is 0. The van der Waals surface area contributed by atoms with Gasteiger partial charge in [-0.1, -0.05) is 21.6 Å². The molecule has 13 heavy (non-hydrogen) atoms. The molecule has 76 valence electrons. The first-order valence-corrected chi connectivity index (χ1v) is 7.53. The van der Waals surface area contributed by atoms with Crippen molar-refractivity contribution in [1.82, 2.24) is 4.90 Å². The zero-order chi connectivity index (χ0) is 9.10. The summed E-state index contributed by atoms with van der Waals surface area (Å²) in [4.78, 5) is 2.49.